The summed E-state index contributed by atoms with van der Waals surface area (Å²) in [6.07, 6.45) is 15.5. The molecule has 0 radical (unpaired) electrons. The van der Waals surface area contributed by atoms with Crippen LogP contribution in [0.3, 0.4) is 0 Å². The molecule has 0 bridgehead atoms. The minimum atomic E-state index is 0.969. The van der Waals surface area contributed by atoms with E-state index in [2.05, 4.69) is 72.6 Å². The summed E-state index contributed by atoms with van der Waals surface area (Å²) in [6, 6.07) is 13.9. The Morgan fingerprint density at radius 2 is 1.10 bits per heavy atom. The van der Waals surface area contributed by atoms with E-state index in [9.17, 15) is 0 Å². The van der Waals surface area contributed by atoms with Crippen LogP contribution >= 0.6 is 0 Å². The molecule has 0 fully saturated rings. The van der Waals surface area contributed by atoms with Crippen LogP contribution in [-0.2, 0) is 19.3 Å². The summed E-state index contributed by atoms with van der Waals surface area (Å²) in [4.78, 5) is 6.96. The van der Waals surface area contributed by atoms with Gasteiger partial charge >= 0.3 is 0 Å². The van der Waals surface area contributed by atoms with Gasteiger partial charge in [0.25, 0.3) is 0 Å². The highest BCUT2D eigenvalue weighted by Gasteiger charge is 2.10. The van der Waals surface area contributed by atoms with Gasteiger partial charge in [0.2, 0.25) is 0 Å². The van der Waals surface area contributed by atoms with E-state index in [-0.39, 0.29) is 0 Å². The highest BCUT2D eigenvalue weighted by Crippen LogP contribution is 2.27. The zero-order chi connectivity index (χ0) is 20.1. The predicted octanol–water partition coefficient (Wildman–Crippen LogP) is 7.71. The number of benzene rings is 2. The summed E-state index contributed by atoms with van der Waals surface area (Å²) in [7, 11) is 0. The van der Waals surface area contributed by atoms with Crippen molar-refractivity contribution in [2.45, 2.75) is 71.6 Å². The number of aromatic nitrogens is 2. The van der Waals surface area contributed by atoms with E-state index in [1.165, 1.54) is 95.4 Å². The van der Waals surface area contributed by atoms with Crippen molar-refractivity contribution in [2.75, 3.05) is 0 Å². The first kappa shape index (κ1) is 19.8. The van der Waals surface area contributed by atoms with E-state index in [1.54, 1.807) is 0 Å². The molecule has 4 aromatic rings. The Morgan fingerprint density at radius 3 is 1.55 bits per heavy atom. The van der Waals surface area contributed by atoms with Crippen LogP contribution in [0.2, 0.25) is 0 Å². The number of nitrogens with one attached hydrogen (secondary N) is 2. The van der Waals surface area contributed by atoms with Crippen LogP contribution in [0.5, 0.6) is 0 Å². The number of rotatable bonds is 10. The van der Waals surface area contributed by atoms with E-state index in [0.717, 1.165) is 6.42 Å². The van der Waals surface area contributed by atoms with Crippen LogP contribution in [-0.4, -0.2) is 9.97 Å². The fourth-order valence-corrected chi connectivity index (χ4v) is 4.42. The number of hydrogen-bond acceptors (Lipinski definition) is 0. The molecule has 0 aliphatic rings. The SMILES string of the molecule is CCCCCc1ccc2[nH]cc(Cc3c[nH]c4ccc(CCCCC)cc34)c2c1. The highest BCUT2D eigenvalue weighted by molar-refractivity contribution is 5.87. The molecule has 152 valence electrons. The first-order valence-electron chi connectivity index (χ1n) is 11.5. The number of aromatic amines is 2. The van der Waals surface area contributed by atoms with Gasteiger partial charge in [-0.15, -0.1) is 0 Å². The van der Waals surface area contributed by atoms with Crippen molar-refractivity contribution < 1.29 is 0 Å². The normalized spacial score (nSPS) is 11.7. The smallest absolute Gasteiger partial charge is 0.0457 e. The molecule has 0 saturated carbocycles. The van der Waals surface area contributed by atoms with Gasteiger partial charge in [0.05, 0.1) is 0 Å². The predicted molar refractivity (Wildman–Crippen MR) is 126 cm³/mol. The van der Waals surface area contributed by atoms with Crippen molar-refractivity contribution in [1.82, 2.24) is 9.97 Å². The summed E-state index contributed by atoms with van der Waals surface area (Å²) in [6.45, 7) is 4.54. The molecule has 0 amide bonds. The third kappa shape index (κ3) is 4.58. The molecule has 2 heteroatoms. The lowest BCUT2D eigenvalue weighted by molar-refractivity contribution is 0.718. The quantitative estimate of drug-likeness (QED) is 0.262. The second-order valence-electron chi connectivity index (χ2n) is 8.48. The first-order valence-corrected chi connectivity index (χ1v) is 11.5. The van der Waals surface area contributed by atoms with E-state index in [4.69, 9.17) is 0 Å². The fraction of sp³-hybridized carbons (Fsp3) is 0.407. The van der Waals surface area contributed by atoms with Crippen molar-refractivity contribution in [1.29, 1.82) is 0 Å². The summed E-state index contributed by atoms with van der Waals surface area (Å²) in [5, 5.41) is 2.76. The minimum Gasteiger partial charge on any atom is -0.361 e. The lowest BCUT2D eigenvalue weighted by Crippen LogP contribution is -1.89. The number of aryl methyl sites for hydroxylation is 2. The Balaban J connectivity index is 1.58. The lowest BCUT2D eigenvalue weighted by Gasteiger charge is -2.05. The van der Waals surface area contributed by atoms with Crippen LogP contribution in [0.15, 0.2) is 48.8 Å². The molecule has 4 rings (SSSR count). The van der Waals surface area contributed by atoms with Gasteiger partial charge in [-0.3, -0.25) is 0 Å². The molecule has 0 aliphatic heterocycles. The molecule has 29 heavy (non-hydrogen) atoms. The van der Waals surface area contributed by atoms with Gasteiger partial charge in [-0.1, -0.05) is 51.7 Å². The maximum atomic E-state index is 3.48. The van der Waals surface area contributed by atoms with E-state index in [0.29, 0.717) is 0 Å². The average molecular weight is 387 g/mol. The third-order valence-corrected chi connectivity index (χ3v) is 6.18. The summed E-state index contributed by atoms with van der Waals surface area (Å²) >= 11 is 0. The second kappa shape index (κ2) is 9.35. The monoisotopic (exact) mass is 386 g/mol. The Bertz CT molecular complexity index is 981. The van der Waals surface area contributed by atoms with E-state index in [1.807, 2.05) is 0 Å². The molecular weight excluding hydrogens is 352 g/mol. The third-order valence-electron chi connectivity index (χ3n) is 6.18. The second-order valence-corrected chi connectivity index (χ2v) is 8.48. The molecule has 0 unspecified atom stereocenters. The number of unbranched alkanes of at least 4 members (excludes halogenated alkanes) is 4. The van der Waals surface area contributed by atoms with Gasteiger partial charge in [-0.25, -0.2) is 0 Å². The van der Waals surface area contributed by atoms with Crippen molar-refractivity contribution in [3.8, 4) is 0 Å². The summed E-state index contributed by atoms with van der Waals surface area (Å²) in [5.41, 5.74) is 8.22. The Kier molecular flexibility index (Phi) is 6.39. The van der Waals surface area contributed by atoms with Gasteiger partial charge in [-0.2, -0.15) is 0 Å². The molecule has 2 N–H and O–H groups in total. The van der Waals surface area contributed by atoms with E-state index >= 15 is 0 Å². The van der Waals surface area contributed by atoms with Crippen LogP contribution in [0.4, 0.5) is 0 Å². The maximum absolute atomic E-state index is 3.48. The number of hydrogen-bond donors (Lipinski definition) is 2. The molecule has 0 saturated heterocycles. The lowest BCUT2D eigenvalue weighted by atomic mass is 9.99. The van der Waals surface area contributed by atoms with Gasteiger partial charge < -0.3 is 9.97 Å². The standard InChI is InChI=1S/C27H34N2/c1-3-5-7-9-20-11-13-26-24(15-20)22(18-28-26)17-23-19-29-27-14-12-21(16-25(23)27)10-8-6-4-2/h11-16,18-19,28-29H,3-10,17H2,1-2H3. The Labute approximate surface area is 174 Å². The fourth-order valence-electron chi connectivity index (χ4n) is 4.42. The Morgan fingerprint density at radius 1 is 0.621 bits per heavy atom. The highest BCUT2D eigenvalue weighted by atomic mass is 14.7. The van der Waals surface area contributed by atoms with Crippen molar-refractivity contribution >= 4 is 21.8 Å². The summed E-state index contributed by atoms with van der Waals surface area (Å²) < 4.78 is 0. The van der Waals surface area contributed by atoms with E-state index < -0.39 is 0 Å². The van der Waals surface area contributed by atoms with Gasteiger partial charge in [0.1, 0.15) is 0 Å². The zero-order valence-corrected chi connectivity index (χ0v) is 18.0. The molecule has 2 aromatic carbocycles. The molecule has 2 nitrogen and oxygen atoms in total. The molecule has 0 atom stereocenters. The van der Waals surface area contributed by atoms with Crippen LogP contribution in [0.1, 0.15) is 74.6 Å². The van der Waals surface area contributed by atoms with Crippen LogP contribution in [0.25, 0.3) is 21.8 Å². The van der Waals surface area contributed by atoms with Gasteiger partial charge in [0.15, 0.2) is 0 Å². The minimum absolute atomic E-state index is 0.969. The topological polar surface area (TPSA) is 31.6 Å². The average Bonchev–Trinajstić information content (AvgIpc) is 3.33. The molecular formula is C27H34N2. The largest absolute Gasteiger partial charge is 0.361 e. The zero-order valence-electron chi connectivity index (χ0n) is 18.0. The molecule has 0 spiro atoms. The van der Waals surface area contributed by atoms with Crippen LogP contribution in [0, 0.1) is 0 Å². The number of H-pyrrole nitrogens is 2. The van der Waals surface area contributed by atoms with Gasteiger partial charge in [0, 0.05) is 40.6 Å². The van der Waals surface area contributed by atoms with Crippen molar-refractivity contribution in [2.24, 2.45) is 0 Å². The first-order chi connectivity index (χ1) is 14.3. The molecule has 2 heterocycles. The summed E-state index contributed by atoms with van der Waals surface area (Å²) in [5.74, 6) is 0. The Hall–Kier alpha value is -2.48. The maximum Gasteiger partial charge on any atom is 0.0457 e. The van der Waals surface area contributed by atoms with Crippen LogP contribution < -0.4 is 0 Å². The molecule has 2 aromatic heterocycles. The number of fused-ring (bicyclic) bond motifs is 2. The van der Waals surface area contributed by atoms with Gasteiger partial charge in [-0.05, 0) is 72.2 Å². The van der Waals surface area contributed by atoms with Crippen molar-refractivity contribution in [3.05, 3.63) is 71.0 Å². The van der Waals surface area contributed by atoms with Crippen molar-refractivity contribution in [3.63, 3.8) is 0 Å². The molecule has 0 aliphatic carbocycles.